The first kappa shape index (κ1) is 35.5. The highest BCUT2D eigenvalue weighted by Crippen LogP contribution is 2.60. The molecule has 10 rings (SSSR count). The van der Waals surface area contributed by atoms with Crippen LogP contribution in [-0.4, -0.2) is 61.2 Å². The maximum atomic E-state index is 17.5. The summed E-state index contributed by atoms with van der Waals surface area (Å²) in [4.78, 5) is 36.0. The van der Waals surface area contributed by atoms with E-state index in [0.717, 1.165) is 23.9 Å². The van der Waals surface area contributed by atoms with Crippen molar-refractivity contribution in [1.29, 1.82) is 5.26 Å². The molecule has 280 valence electrons. The van der Waals surface area contributed by atoms with E-state index in [0.29, 0.717) is 46.3 Å². The summed E-state index contributed by atoms with van der Waals surface area (Å²) in [7, 11) is 0. The van der Waals surface area contributed by atoms with E-state index in [1.807, 2.05) is 39.8 Å². The number of nitriles is 1. The molecule has 0 N–H and O–H groups in total. The summed E-state index contributed by atoms with van der Waals surface area (Å²) in [6, 6.07) is 10.4. The van der Waals surface area contributed by atoms with Gasteiger partial charge in [0.05, 0.1) is 45.5 Å². The fourth-order valence-corrected chi connectivity index (χ4v) is 9.90. The highest BCUT2D eigenvalue weighted by atomic mass is 35.5. The molecule has 0 radical (unpaired) electrons. The Hall–Kier alpha value is -4.20. The minimum absolute atomic E-state index is 0.0194. The van der Waals surface area contributed by atoms with Crippen LogP contribution in [0.15, 0.2) is 36.9 Å². The highest BCUT2D eigenvalue weighted by molar-refractivity contribution is 6.43. The number of hydrogen-bond acceptors (Lipinski definition) is 5. The van der Waals surface area contributed by atoms with Crippen LogP contribution in [0.5, 0.6) is 0 Å². The first-order chi connectivity index (χ1) is 25.6. The molecule has 3 saturated carbocycles. The van der Waals surface area contributed by atoms with E-state index >= 15 is 8.78 Å². The molecule has 5 heterocycles. The molecule has 3 saturated heterocycles. The summed E-state index contributed by atoms with van der Waals surface area (Å²) in [6.07, 6.45) is 2.75. The van der Waals surface area contributed by atoms with Crippen LogP contribution in [0.4, 0.5) is 13.6 Å². The second-order valence-electron chi connectivity index (χ2n) is 17.0. The van der Waals surface area contributed by atoms with Gasteiger partial charge in [-0.2, -0.15) is 5.26 Å². The molecule has 12 heteroatoms. The maximum Gasteiger partial charge on any atom is 0.410 e. The average Bonchev–Trinajstić information content (AvgIpc) is 3.78. The zero-order valence-corrected chi connectivity index (χ0v) is 32.2. The van der Waals surface area contributed by atoms with Crippen LogP contribution in [0.3, 0.4) is 0 Å². The standard InChI is InChI=1S/C42H41Cl2F2N5O3/c1-20(2)35-26-18-30(29-16-22-15-28(22)50(29)39(52)42(46)11-12-42)51(37-23-17-31(37)49(19-23)40(53)54-41(3,4)5)38(26)25-14-21(8-7-13-47)32(34(45)36(25)48-35)24-9-6-10-27(43)33(24)44/h6,9-10,14,18,22-23,28-29,31,37H,1,7-8,11-12,15-17,19H2,2-5H3/t22-,23-,28-,29-,31-,37+/m1/s1. The van der Waals surface area contributed by atoms with E-state index in [4.69, 9.17) is 32.9 Å². The predicted molar refractivity (Wildman–Crippen MR) is 204 cm³/mol. The van der Waals surface area contributed by atoms with Crippen molar-refractivity contribution in [3.63, 3.8) is 0 Å². The van der Waals surface area contributed by atoms with Crippen LogP contribution < -0.4 is 0 Å². The number of fused-ring (bicyclic) bond motifs is 5. The Bertz CT molecular complexity index is 2380. The third-order valence-electron chi connectivity index (χ3n) is 12.2. The number of aryl methyl sites for hydroxylation is 1. The number of amides is 2. The Labute approximate surface area is 322 Å². The van der Waals surface area contributed by atoms with Crippen molar-refractivity contribution in [2.75, 3.05) is 6.54 Å². The van der Waals surface area contributed by atoms with Gasteiger partial charge in [0.2, 0.25) is 0 Å². The Morgan fingerprint density at radius 1 is 1.11 bits per heavy atom. The number of alkyl halides is 1. The Morgan fingerprint density at radius 2 is 1.85 bits per heavy atom. The summed E-state index contributed by atoms with van der Waals surface area (Å²) >= 11 is 13.1. The number of aromatic nitrogens is 2. The first-order valence-corrected chi connectivity index (χ1v) is 19.6. The average molecular weight is 773 g/mol. The molecule has 0 spiro atoms. The van der Waals surface area contributed by atoms with E-state index < -0.39 is 29.0 Å². The monoisotopic (exact) mass is 771 g/mol. The van der Waals surface area contributed by atoms with Crippen molar-refractivity contribution in [2.24, 2.45) is 11.8 Å². The van der Waals surface area contributed by atoms with Gasteiger partial charge >= 0.3 is 6.09 Å². The molecule has 2 aromatic carbocycles. The molecule has 2 aromatic heterocycles. The maximum absolute atomic E-state index is 17.5. The third kappa shape index (κ3) is 5.36. The number of benzene rings is 2. The van der Waals surface area contributed by atoms with Crippen LogP contribution in [0, 0.1) is 29.0 Å². The number of allylic oxidation sites excluding steroid dienone is 1. The number of nitrogens with zero attached hydrogens (tertiary/aromatic N) is 5. The van der Waals surface area contributed by atoms with Gasteiger partial charge < -0.3 is 19.1 Å². The third-order valence-corrected chi connectivity index (χ3v) is 13.0. The Balaban J connectivity index is 1.32. The molecule has 6 aliphatic rings. The number of likely N-dealkylation sites (tertiary alicyclic amines) is 1. The van der Waals surface area contributed by atoms with Gasteiger partial charge in [-0.1, -0.05) is 41.9 Å². The van der Waals surface area contributed by atoms with Gasteiger partial charge in [-0.25, -0.2) is 18.6 Å². The van der Waals surface area contributed by atoms with Crippen LogP contribution in [0.2, 0.25) is 10.0 Å². The van der Waals surface area contributed by atoms with Gasteiger partial charge in [0.25, 0.3) is 5.91 Å². The molecule has 4 aromatic rings. The lowest BCUT2D eigenvalue weighted by molar-refractivity contribution is -0.140. The van der Waals surface area contributed by atoms with E-state index in [2.05, 4.69) is 17.2 Å². The molecular weight excluding hydrogens is 731 g/mol. The van der Waals surface area contributed by atoms with E-state index in [9.17, 15) is 14.9 Å². The summed E-state index contributed by atoms with van der Waals surface area (Å²) in [5.74, 6) is -0.698. The van der Waals surface area contributed by atoms with Crippen molar-refractivity contribution >= 4 is 62.6 Å². The normalized spacial score (nSPS) is 26.1. The highest BCUT2D eigenvalue weighted by Gasteiger charge is 2.63. The number of carbonyl (C=O) groups is 2. The molecule has 6 atom stereocenters. The van der Waals surface area contributed by atoms with Crippen molar-refractivity contribution < 1.29 is 23.1 Å². The molecule has 3 aliphatic carbocycles. The van der Waals surface area contributed by atoms with Crippen molar-refractivity contribution in [2.45, 2.75) is 108 Å². The molecule has 8 nitrogen and oxygen atoms in total. The topological polar surface area (TPSA) is 91.5 Å². The number of pyridine rings is 1. The summed E-state index contributed by atoms with van der Waals surface area (Å²) in [6.45, 7) is 12.1. The predicted octanol–water partition coefficient (Wildman–Crippen LogP) is 10.1. The smallest absolute Gasteiger partial charge is 0.410 e. The summed E-state index contributed by atoms with van der Waals surface area (Å²) in [5.41, 5.74) is 1.48. The van der Waals surface area contributed by atoms with E-state index in [1.165, 1.54) is 0 Å². The minimum Gasteiger partial charge on any atom is -0.444 e. The van der Waals surface area contributed by atoms with Crippen molar-refractivity contribution in [1.82, 2.24) is 19.4 Å². The fourth-order valence-electron chi connectivity index (χ4n) is 9.50. The van der Waals surface area contributed by atoms with Gasteiger partial charge in [0, 0.05) is 52.5 Å². The number of hydrogen-bond donors (Lipinski definition) is 0. The van der Waals surface area contributed by atoms with Gasteiger partial charge in [0.15, 0.2) is 11.5 Å². The van der Waals surface area contributed by atoms with Crippen molar-refractivity contribution in [3.05, 3.63) is 69.7 Å². The van der Waals surface area contributed by atoms with Crippen molar-refractivity contribution in [3.8, 4) is 17.2 Å². The van der Waals surface area contributed by atoms with Crippen LogP contribution in [0.1, 0.15) is 95.3 Å². The fraction of sp³-hybridized carbons (Fsp3) is 0.476. The van der Waals surface area contributed by atoms with Crippen LogP contribution >= 0.6 is 23.2 Å². The molecule has 54 heavy (non-hydrogen) atoms. The SMILES string of the molecule is C=C(C)c1nc2c(F)c(-c3cccc(Cl)c3Cl)c(CCC#N)cc2c2c1cc([C@H]1C[C@H]3C[C@H]3N1C(=O)C1(F)CC1)n2[C@H]1[C@@H]2C[C@H]1N(C(=O)OC(C)(C)C)C2. The zero-order valence-electron chi connectivity index (χ0n) is 30.7. The van der Waals surface area contributed by atoms with Crippen LogP contribution in [0.25, 0.3) is 38.5 Å². The lowest BCUT2D eigenvalue weighted by atomic mass is 9.79. The molecule has 2 amide bonds. The Morgan fingerprint density at radius 3 is 2.54 bits per heavy atom. The van der Waals surface area contributed by atoms with Gasteiger partial charge in [-0.05, 0) is 101 Å². The first-order valence-electron chi connectivity index (χ1n) is 18.8. The number of piperidine rings is 1. The molecule has 3 aliphatic heterocycles. The number of halogens is 4. The van der Waals surface area contributed by atoms with Gasteiger partial charge in [0.1, 0.15) is 11.1 Å². The molecule has 0 unspecified atom stereocenters. The van der Waals surface area contributed by atoms with E-state index in [-0.39, 0.29) is 82.9 Å². The van der Waals surface area contributed by atoms with Gasteiger partial charge in [-0.15, -0.1) is 0 Å². The van der Waals surface area contributed by atoms with Gasteiger partial charge in [-0.3, -0.25) is 4.79 Å². The number of carbonyl (C=O) groups excluding carboxylic acids is 2. The lowest BCUT2D eigenvalue weighted by Gasteiger charge is -2.41. The molecule has 2 bridgehead atoms. The quantitative estimate of drug-likeness (QED) is 0.187. The Kier molecular flexibility index (Phi) is 7.99. The van der Waals surface area contributed by atoms with E-state index in [1.54, 1.807) is 28.0 Å². The molecule has 6 fully saturated rings. The summed E-state index contributed by atoms with van der Waals surface area (Å²) < 4.78 is 41.2. The molecular formula is C42H41Cl2F2N5O3. The number of ether oxygens (including phenoxy) is 1. The summed E-state index contributed by atoms with van der Waals surface area (Å²) in [5, 5.41) is 11.4. The van der Waals surface area contributed by atoms with Crippen LogP contribution in [-0.2, 0) is 16.0 Å². The second kappa shape index (κ2) is 12.1. The lowest BCUT2D eigenvalue weighted by Crippen LogP contribution is -2.45. The zero-order chi connectivity index (χ0) is 38.2. The minimum atomic E-state index is -1.83. The number of rotatable bonds is 7. The second-order valence-corrected chi connectivity index (χ2v) is 17.8. The largest absolute Gasteiger partial charge is 0.444 e.